The van der Waals surface area contributed by atoms with E-state index in [0.717, 1.165) is 12.3 Å². The second-order valence-corrected chi connectivity index (χ2v) is 4.75. The summed E-state index contributed by atoms with van der Waals surface area (Å²) in [4.78, 5) is 14.8. The van der Waals surface area contributed by atoms with Crippen molar-refractivity contribution in [2.24, 2.45) is 5.14 Å². The molecule has 0 aliphatic rings. The van der Waals surface area contributed by atoms with Crippen molar-refractivity contribution in [3.63, 3.8) is 0 Å². The van der Waals surface area contributed by atoms with Crippen LogP contribution in [0.25, 0.3) is 0 Å². The average molecular weight is 247 g/mol. The van der Waals surface area contributed by atoms with Crippen molar-refractivity contribution in [1.82, 2.24) is 10.3 Å². The van der Waals surface area contributed by atoms with Gasteiger partial charge in [0.1, 0.15) is 5.82 Å². The number of nitrogens with one attached hydrogen (secondary N) is 1. The maximum absolute atomic E-state index is 12.7. The molecular weight excluding hydrogens is 237 g/mol. The van der Waals surface area contributed by atoms with Gasteiger partial charge >= 0.3 is 0 Å². The standard InChI is InChI=1S/C8H10FN3O3S/c9-7-3-6(4-11-5-7)8(13)12-1-2-16(10,14)15/h3-5H,1-2H2,(H,12,13)(H2,10,14,15). The van der Waals surface area contributed by atoms with Crippen LogP contribution in [0.5, 0.6) is 0 Å². The maximum Gasteiger partial charge on any atom is 0.252 e. The van der Waals surface area contributed by atoms with Gasteiger partial charge in [-0.25, -0.2) is 17.9 Å². The molecule has 0 radical (unpaired) electrons. The summed E-state index contributed by atoms with van der Waals surface area (Å²) in [5, 5.41) is 7.01. The maximum atomic E-state index is 12.7. The van der Waals surface area contributed by atoms with Crippen molar-refractivity contribution in [3.8, 4) is 0 Å². The zero-order valence-electron chi connectivity index (χ0n) is 8.18. The number of nitrogens with zero attached hydrogens (tertiary/aromatic N) is 1. The Morgan fingerprint density at radius 1 is 1.50 bits per heavy atom. The van der Waals surface area contributed by atoms with Gasteiger partial charge in [0.15, 0.2) is 0 Å². The van der Waals surface area contributed by atoms with Crippen LogP contribution in [0.15, 0.2) is 18.5 Å². The van der Waals surface area contributed by atoms with E-state index in [0.29, 0.717) is 0 Å². The van der Waals surface area contributed by atoms with Gasteiger partial charge < -0.3 is 5.32 Å². The average Bonchev–Trinajstić information content (AvgIpc) is 2.15. The summed E-state index contributed by atoms with van der Waals surface area (Å²) in [6.07, 6.45) is 2.14. The second kappa shape index (κ2) is 4.99. The molecule has 16 heavy (non-hydrogen) atoms. The molecule has 1 aromatic rings. The number of carbonyl (C=O) groups excluding carboxylic acids is 1. The first-order chi connectivity index (χ1) is 7.38. The predicted octanol–water partition coefficient (Wildman–Crippen LogP) is -0.761. The van der Waals surface area contributed by atoms with Gasteiger partial charge in [-0.3, -0.25) is 9.78 Å². The van der Waals surface area contributed by atoms with Crippen LogP contribution in [0.1, 0.15) is 10.4 Å². The summed E-state index contributed by atoms with van der Waals surface area (Å²) in [6, 6.07) is 0.999. The fraction of sp³-hybridized carbons (Fsp3) is 0.250. The van der Waals surface area contributed by atoms with Crippen LogP contribution in [-0.2, 0) is 10.0 Å². The molecule has 88 valence electrons. The minimum absolute atomic E-state index is 0.0226. The number of rotatable bonds is 4. The topological polar surface area (TPSA) is 102 Å². The molecule has 0 saturated carbocycles. The fourth-order valence-electron chi connectivity index (χ4n) is 0.945. The third kappa shape index (κ3) is 4.32. The highest BCUT2D eigenvalue weighted by molar-refractivity contribution is 7.89. The molecule has 1 rings (SSSR count). The smallest absolute Gasteiger partial charge is 0.252 e. The van der Waals surface area contributed by atoms with Crippen molar-refractivity contribution < 1.29 is 17.6 Å². The molecule has 0 atom stereocenters. The van der Waals surface area contributed by atoms with Crippen molar-refractivity contribution in [1.29, 1.82) is 0 Å². The van der Waals surface area contributed by atoms with Crippen LogP contribution in [0, 0.1) is 5.82 Å². The van der Waals surface area contributed by atoms with Gasteiger partial charge in [-0.05, 0) is 6.07 Å². The zero-order valence-corrected chi connectivity index (χ0v) is 9.00. The van der Waals surface area contributed by atoms with E-state index in [1.54, 1.807) is 0 Å². The SMILES string of the molecule is NS(=O)(=O)CCNC(=O)c1cncc(F)c1. The highest BCUT2D eigenvalue weighted by Crippen LogP contribution is 2.00. The highest BCUT2D eigenvalue weighted by atomic mass is 32.2. The summed E-state index contributed by atoms with van der Waals surface area (Å²) >= 11 is 0. The molecule has 0 aliphatic heterocycles. The first-order valence-corrected chi connectivity index (χ1v) is 5.99. The quantitative estimate of drug-likeness (QED) is 0.730. The fourth-order valence-corrected chi connectivity index (χ4v) is 1.33. The number of primary sulfonamides is 1. The number of aromatic nitrogens is 1. The molecule has 6 nitrogen and oxygen atoms in total. The summed E-state index contributed by atoms with van der Waals surface area (Å²) in [5.41, 5.74) is 0.0226. The third-order valence-electron chi connectivity index (χ3n) is 1.64. The molecule has 1 heterocycles. The lowest BCUT2D eigenvalue weighted by molar-refractivity contribution is 0.0955. The Morgan fingerprint density at radius 2 is 2.19 bits per heavy atom. The van der Waals surface area contributed by atoms with Crippen LogP contribution in [-0.4, -0.2) is 31.6 Å². The number of sulfonamides is 1. The van der Waals surface area contributed by atoms with E-state index >= 15 is 0 Å². The van der Waals surface area contributed by atoms with Gasteiger partial charge in [0, 0.05) is 12.7 Å². The molecule has 8 heteroatoms. The number of amides is 1. The molecule has 0 saturated heterocycles. The Morgan fingerprint density at radius 3 is 2.75 bits per heavy atom. The largest absolute Gasteiger partial charge is 0.351 e. The van der Waals surface area contributed by atoms with E-state index < -0.39 is 21.7 Å². The van der Waals surface area contributed by atoms with Crippen molar-refractivity contribution >= 4 is 15.9 Å². The van der Waals surface area contributed by atoms with Gasteiger partial charge in [0.05, 0.1) is 17.5 Å². The van der Waals surface area contributed by atoms with Gasteiger partial charge in [0.25, 0.3) is 5.91 Å². The lowest BCUT2D eigenvalue weighted by Gasteiger charge is -2.03. The third-order valence-corrected chi connectivity index (χ3v) is 2.41. The number of hydrogen-bond acceptors (Lipinski definition) is 4. The van der Waals surface area contributed by atoms with Crippen LogP contribution in [0.2, 0.25) is 0 Å². The summed E-state index contributed by atoms with van der Waals surface area (Å²) < 4.78 is 33.8. The Balaban J connectivity index is 2.54. The van der Waals surface area contributed by atoms with Crippen molar-refractivity contribution in [2.75, 3.05) is 12.3 Å². The molecule has 0 spiro atoms. The molecule has 1 amide bonds. The first-order valence-electron chi connectivity index (χ1n) is 4.28. The molecule has 0 unspecified atom stereocenters. The Labute approximate surface area is 91.7 Å². The number of pyridine rings is 1. The lowest BCUT2D eigenvalue weighted by atomic mass is 10.2. The van der Waals surface area contributed by atoms with E-state index in [9.17, 15) is 17.6 Å². The predicted molar refractivity (Wildman–Crippen MR) is 54.5 cm³/mol. The van der Waals surface area contributed by atoms with Crippen LogP contribution in [0.4, 0.5) is 4.39 Å². The van der Waals surface area contributed by atoms with E-state index in [1.807, 2.05) is 0 Å². The summed E-state index contributed by atoms with van der Waals surface area (Å²) in [5.74, 6) is -1.61. The number of halogens is 1. The number of hydrogen-bond donors (Lipinski definition) is 2. The van der Waals surface area contributed by atoms with E-state index in [-0.39, 0.29) is 17.9 Å². The highest BCUT2D eigenvalue weighted by Gasteiger charge is 2.08. The van der Waals surface area contributed by atoms with Crippen molar-refractivity contribution in [2.45, 2.75) is 0 Å². The van der Waals surface area contributed by atoms with E-state index in [2.05, 4.69) is 10.3 Å². The molecule has 0 aromatic carbocycles. The van der Waals surface area contributed by atoms with Gasteiger partial charge in [0.2, 0.25) is 10.0 Å². The van der Waals surface area contributed by atoms with Gasteiger partial charge in [-0.15, -0.1) is 0 Å². The number of carbonyl (C=O) groups is 1. The Kier molecular flexibility index (Phi) is 3.91. The molecule has 0 aliphatic carbocycles. The Bertz CT molecular complexity index is 489. The van der Waals surface area contributed by atoms with Crippen LogP contribution in [0.3, 0.4) is 0 Å². The normalized spacial score (nSPS) is 11.1. The molecule has 1 aromatic heterocycles. The Hall–Kier alpha value is -1.54. The van der Waals surface area contributed by atoms with Gasteiger partial charge in [-0.2, -0.15) is 0 Å². The lowest BCUT2D eigenvalue weighted by Crippen LogP contribution is -2.31. The zero-order chi connectivity index (χ0) is 12.2. The minimum atomic E-state index is -3.61. The van der Waals surface area contributed by atoms with Crippen LogP contribution >= 0.6 is 0 Å². The minimum Gasteiger partial charge on any atom is -0.351 e. The molecular formula is C8H10FN3O3S. The molecule has 0 fully saturated rings. The second-order valence-electron chi connectivity index (χ2n) is 3.01. The van der Waals surface area contributed by atoms with Gasteiger partial charge in [-0.1, -0.05) is 0 Å². The molecule has 0 bridgehead atoms. The monoisotopic (exact) mass is 247 g/mol. The van der Waals surface area contributed by atoms with E-state index in [1.165, 1.54) is 6.20 Å². The van der Waals surface area contributed by atoms with Crippen molar-refractivity contribution in [3.05, 3.63) is 29.8 Å². The number of nitrogens with two attached hydrogens (primary N) is 1. The van der Waals surface area contributed by atoms with Crippen LogP contribution < -0.4 is 10.5 Å². The summed E-state index contributed by atoms with van der Waals surface area (Å²) in [6.45, 7) is -0.131. The first kappa shape index (κ1) is 12.5. The summed E-state index contributed by atoms with van der Waals surface area (Å²) in [7, 11) is -3.61. The molecule has 3 N–H and O–H groups in total. The van der Waals surface area contributed by atoms with E-state index in [4.69, 9.17) is 5.14 Å².